The molecule has 1 heterocycles. The fourth-order valence-corrected chi connectivity index (χ4v) is 2.20. The Hall–Kier alpha value is -3.67. The molecule has 3 amide bonds. The molecular formula is C19H16N4O2. The summed E-state index contributed by atoms with van der Waals surface area (Å²) in [6.45, 7) is 0. The predicted octanol–water partition coefficient (Wildman–Crippen LogP) is 3.98. The second-order valence-electron chi connectivity index (χ2n) is 5.22. The van der Waals surface area contributed by atoms with Crippen molar-refractivity contribution in [3.63, 3.8) is 0 Å². The van der Waals surface area contributed by atoms with Gasteiger partial charge in [-0.2, -0.15) is 0 Å². The number of pyridine rings is 1. The van der Waals surface area contributed by atoms with Gasteiger partial charge in [0.2, 0.25) is 0 Å². The van der Waals surface area contributed by atoms with Crippen LogP contribution >= 0.6 is 0 Å². The van der Waals surface area contributed by atoms with Gasteiger partial charge in [-0.05, 0) is 42.5 Å². The van der Waals surface area contributed by atoms with E-state index in [4.69, 9.17) is 0 Å². The largest absolute Gasteiger partial charge is 0.323 e. The van der Waals surface area contributed by atoms with Crippen molar-refractivity contribution in [1.29, 1.82) is 0 Å². The van der Waals surface area contributed by atoms with Crippen molar-refractivity contribution in [2.75, 3.05) is 16.0 Å². The third-order valence-electron chi connectivity index (χ3n) is 3.35. The number of urea groups is 1. The highest BCUT2D eigenvalue weighted by atomic mass is 16.2. The van der Waals surface area contributed by atoms with E-state index >= 15 is 0 Å². The van der Waals surface area contributed by atoms with Crippen molar-refractivity contribution >= 4 is 29.0 Å². The second kappa shape index (κ2) is 7.74. The molecule has 6 heteroatoms. The summed E-state index contributed by atoms with van der Waals surface area (Å²) >= 11 is 0. The van der Waals surface area contributed by atoms with E-state index in [1.807, 2.05) is 18.2 Å². The van der Waals surface area contributed by atoms with Crippen molar-refractivity contribution in [2.45, 2.75) is 0 Å². The third kappa shape index (κ3) is 4.65. The van der Waals surface area contributed by atoms with Crippen molar-refractivity contribution in [3.8, 4) is 0 Å². The van der Waals surface area contributed by atoms with Crippen molar-refractivity contribution in [1.82, 2.24) is 4.98 Å². The fraction of sp³-hybridized carbons (Fsp3) is 0. The van der Waals surface area contributed by atoms with Gasteiger partial charge in [-0.25, -0.2) is 4.79 Å². The summed E-state index contributed by atoms with van der Waals surface area (Å²) in [6, 6.07) is 19.0. The van der Waals surface area contributed by atoms with Crippen LogP contribution in [0.1, 0.15) is 10.4 Å². The number of nitrogens with one attached hydrogen (secondary N) is 3. The number of nitrogens with zero attached hydrogens (tertiary/aromatic N) is 1. The van der Waals surface area contributed by atoms with Crippen LogP contribution in [-0.4, -0.2) is 16.9 Å². The number of hydrogen-bond acceptors (Lipinski definition) is 3. The van der Waals surface area contributed by atoms with Crippen molar-refractivity contribution < 1.29 is 9.59 Å². The molecule has 6 nitrogen and oxygen atoms in total. The normalized spacial score (nSPS) is 9.92. The molecule has 124 valence electrons. The molecular weight excluding hydrogens is 316 g/mol. The van der Waals surface area contributed by atoms with E-state index in [-0.39, 0.29) is 11.9 Å². The van der Waals surface area contributed by atoms with Crippen molar-refractivity contribution in [2.24, 2.45) is 0 Å². The Labute approximate surface area is 144 Å². The Morgan fingerprint density at radius 2 is 1.28 bits per heavy atom. The molecule has 3 aromatic rings. The first-order chi connectivity index (χ1) is 12.2. The van der Waals surface area contributed by atoms with Gasteiger partial charge in [0.1, 0.15) is 0 Å². The third-order valence-corrected chi connectivity index (χ3v) is 3.35. The Kier molecular flexibility index (Phi) is 5.01. The zero-order valence-electron chi connectivity index (χ0n) is 13.3. The number of aromatic nitrogens is 1. The van der Waals surface area contributed by atoms with Crippen LogP contribution in [0.2, 0.25) is 0 Å². The van der Waals surface area contributed by atoms with E-state index in [2.05, 4.69) is 20.9 Å². The number of benzene rings is 2. The summed E-state index contributed by atoms with van der Waals surface area (Å²) < 4.78 is 0. The van der Waals surface area contributed by atoms with E-state index < -0.39 is 0 Å². The minimum Gasteiger partial charge on any atom is -0.322 e. The number of amides is 3. The monoisotopic (exact) mass is 332 g/mol. The van der Waals surface area contributed by atoms with Gasteiger partial charge in [-0.3, -0.25) is 9.78 Å². The van der Waals surface area contributed by atoms with E-state index in [1.165, 1.54) is 0 Å². The van der Waals surface area contributed by atoms with E-state index in [1.54, 1.807) is 60.9 Å². The fourth-order valence-electron chi connectivity index (χ4n) is 2.20. The van der Waals surface area contributed by atoms with Crippen LogP contribution in [0.25, 0.3) is 0 Å². The summed E-state index contributed by atoms with van der Waals surface area (Å²) in [5, 5.41) is 8.25. The number of rotatable bonds is 4. The summed E-state index contributed by atoms with van der Waals surface area (Å²) in [4.78, 5) is 28.1. The van der Waals surface area contributed by atoms with Gasteiger partial charge in [-0.1, -0.05) is 24.3 Å². The lowest BCUT2D eigenvalue weighted by molar-refractivity contribution is 0.102. The molecule has 0 bridgehead atoms. The summed E-state index contributed by atoms with van der Waals surface area (Å²) in [6.07, 6.45) is 3.11. The van der Waals surface area contributed by atoms with Crippen LogP contribution in [0.5, 0.6) is 0 Å². The van der Waals surface area contributed by atoms with E-state index in [9.17, 15) is 9.59 Å². The summed E-state index contributed by atoms with van der Waals surface area (Å²) in [5.41, 5.74) is 2.36. The van der Waals surface area contributed by atoms with Gasteiger partial charge in [0.15, 0.2) is 0 Å². The molecule has 3 rings (SSSR count). The van der Waals surface area contributed by atoms with E-state index in [0.29, 0.717) is 22.6 Å². The highest BCUT2D eigenvalue weighted by Gasteiger charge is 2.07. The molecule has 0 atom stereocenters. The average Bonchev–Trinajstić information content (AvgIpc) is 2.63. The smallest absolute Gasteiger partial charge is 0.322 e. The van der Waals surface area contributed by atoms with Crippen LogP contribution < -0.4 is 16.0 Å². The highest BCUT2D eigenvalue weighted by Crippen LogP contribution is 2.16. The Balaban J connectivity index is 1.63. The standard InChI is InChI=1S/C19H16N4O2/c24-18(14-9-11-20-12-10-14)21-16-7-4-8-17(13-16)23-19(25)22-15-5-2-1-3-6-15/h1-13H,(H,21,24)(H2,22,23,25). The first-order valence-electron chi connectivity index (χ1n) is 7.65. The molecule has 1 aromatic heterocycles. The molecule has 0 spiro atoms. The Morgan fingerprint density at radius 3 is 2.00 bits per heavy atom. The van der Waals surface area contributed by atoms with Crippen LogP contribution in [0.15, 0.2) is 79.1 Å². The molecule has 0 aliphatic carbocycles. The first kappa shape index (κ1) is 16.2. The van der Waals surface area contributed by atoms with Crippen LogP contribution in [-0.2, 0) is 0 Å². The van der Waals surface area contributed by atoms with E-state index in [0.717, 1.165) is 0 Å². The molecule has 0 saturated carbocycles. The molecule has 25 heavy (non-hydrogen) atoms. The van der Waals surface area contributed by atoms with Gasteiger partial charge in [0, 0.05) is 35.0 Å². The zero-order valence-corrected chi connectivity index (χ0v) is 13.3. The van der Waals surface area contributed by atoms with Crippen LogP contribution in [0.4, 0.5) is 21.9 Å². The minimum atomic E-state index is -0.358. The molecule has 3 N–H and O–H groups in total. The van der Waals surface area contributed by atoms with Crippen LogP contribution in [0, 0.1) is 0 Å². The Bertz CT molecular complexity index is 867. The summed E-state index contributed by atoms with van der Waals surface area (Å²) in [7, 11) is 0. The first-order valence-corrected chi connectivity index (χ1v) is 7.65. The molecule has 0 unspecified atom stereocenters. The molecule has 0 aliphatic rings. The van der Waals surface area contributed by atoms with Crippen molar-refractivity contribution in [3.05, 3.63) is 84.7 Å². The lowest BCUT2D eigenvalue weighted by atomic mass is 10.2. The maximum atomic E-state index is 12.2. The highest BCUT2D eigenvalue weighted by molar-refractivity contribution is 6.05. The molecule has 2 aromatic carbocycles. The number of anilines is 3. The number of carbonyl (C=O) groups is 2. The van der Waals surface area contributed by atoms with Gasteiger partial charge in [0.05, 0.1) is 0 Å². The number of carbonyl (C=O) groups excluding carboxylic acids is 2. The molecule has 0 radical (unpaired) electrons. The quantitative estimate of drug-likeness (QED) is 0.676. The number of para-hydroxylation sites is 1. The second-order valence-corrected chi connectivity index (χ2v) is 5.22. The number of hydrogen-bond donors (Lipinski definition) is 3. The molecule has 0 saturated heterocycles. The SMILES string of the molecule is O=C(Nc1ccccc1)Nc1cccc(NC(=O)c2ccncc2)c1. The predicted molar refractivity (Wildman–Crippen MR) is 97.7 cm³/mol. The van der Waals surface area contributed by atoms with Gasteiger partial charge >= 0.3 is 6.03 Å². The lowest BCUT2D eigenvalue weighted by Gasteiger charge is -2.10. The maximum absolute atomic E-state index is 12.2. The van der Waals surface area contributed by atoms with Gasteiger partial charge < -0.3 is 16.0 Å². The Morgan fingerprint density at radius 1 is 0.680 bits per heavy atom. The molecule has 0 aliphatic heterocycles. The average molecular weight is 332 g/mol. The minimum absolute atomic E-state index is 0.242. The van der Waals surface area contributed by atoms with Crippen LogP contribution in [0.3, 0.4) is 0 Å². The maximum Gasteiger partial charge on any atom is 0.323 e. The zero-order chi connectivity index (χ0) is 17.5. The lowest BCUT2D eigenvalue weighted by Crippen LogP contribution is -2.19. The molecule has 0 fully saturated rings. The van der Waals surface area contributed by atoms with Gasteiger partial charge in [0.25, 0.3) is 5.91 Å². The summed E-state index contributed by atoms with van der Waals surface area (Å²) in [5.74, 6) is -0.242. The topological polar surface area (TPSA) is 83.1 Å². The van der Waals surface area contributed by atoms with Gasteiger partial charge in [-0.15, -0.1) is 0 Å².